The third-order valence-corrected chi connectivity index (χ3v) is 8.55. The van der Waals surface area contributed by atoms with Gasteiger partial charge in [-0.25, -0.2) is 9.78 Å². The van der Waals surface area contributed by atoms with Crippen LogP contribution in [0.3, 0.4) is 0 Å². The predicted molar refractivity (Wildman–Crippen MR) is 127 cm³/mol. The number of methoxy groups -OCH3 is 1. The van der Waals surface area contributed by atoms with Gasteiger partial charge >= 0.3 is 5.97 Å². The summed E-state index contributed by atoms with van der Waals surface area (Å²) in [4.78, 5) is 36.9. The number of ether oxygens (including phenoxy) is 4. The molecule has 4 heterocycles. The molecule has 36 heavy (non-hydrogen) atoms. The lowest BCUT2D eigenvalue weighted by Crippen LogP contribution is -2.70. The minimum atomic E-state index is -0.880. The molecule has 5 fully saturated rings. The Morgan fingerprint density at radius 1 is 1.06 bits per heavy atom. The number of amides is 1. The van der Waals surface area contributed by atoms with Crippen LogP contribution in [0, 0.1) is 23.7 Å². The Labute approximate surface area is 212 Å². The zero-order chi connectivity index (χ0) is 25.5. The fourth-order valence-electron chi connectivity index (χ4n) is 6.44. The van der Waals surface area contributed by atoms with Gasteiger partial charge in [0.1, 0.15) is 5.75 Å². The first-order valence-corrected chi connectivity index (χ1v) is 13.0. The molecule has 1 N–H and O–H groups in total. The van der Waals surface area contributed by atoms with E-state index < -0.39 is 29.9 Å². The molecule has 198 valence electrons. The third-order valence-electron chi connectivity index (χ3n) is 8.55. The van der Waals surface area contributed by atoms with Gasteiger partial charge in [-0.1, -0.05) is 26.0 Å². The molecule has 8 atom stereocenters. The molecular formula is C27H37NO8. The maximum absolute atomic E-state index is 12.7. The average Bonchev–Trinajstić information content (AvgIpc) is 3.10. The molecule has 1 aliphatic carbocycles. The number of fused-ring (bicyclic) bond motifs is 2. The SMILES string of the molecule is COc1ccc(CNC(=O)CCC(=O)O[C@@H]2O[C@@H]3O[C@]4(C)CC[C@H]5[C@H](C)CC[C@@H]([C@H]2C)[C@]35OO4)cc1. The topological polar surface area (TPSA) is 102 Å². The van der Waals surface area contributed by atoms with E-state index in [0.717, 1.165) is 37.0 Å². The lowest BCUT2D eigenvalue weighted by molar-refractivity contribution is -0.576. The molecule has 1 spiro atoms. The predicted octanol–water partition coefficient (Wildman–Crippen LogP) is 3.84. The van der Waals surface area contributed by atoms with Gasteiger partial charge in [0.05, 0.1) is 13.5 Å². The summed E-state index contributed by atoms with van der Waals surface area (Å²) in [5.41, 5.74) is 0.250. The van der Waals surface area contributed by atoms with Gasteiger partial charge in [-0.15, -0.1) is 0 Å². The molecule has 4 saturated heterocycles. The molecule has 6 rings (SSSR count). The van der Waals surface area contributed by atoms with Crippen molar-refractivity contribution in [3.8, 4) is 5.75 Å². The van der Waals surface area contributed by atoms with Crippen LogP contribution in [-0.2, 0) is 40.1 Å². The van der Waals surface area contributed by atoms with E-state index in [-0.39, 0.29) is 36.5 Å². The zero-order valence-electron chi connectivity index (χ0n) is 21.5. The van der Waals surface area contributed by atoms with Gasteiger partial charge in [0.15, 0.2) is 11.9 Å². The van der Waals surface area contributed by atoms with Crippen molar-refractivity contribution in [1.29, 1.82) is 0 Å². The van der Waals surface area contributed by atoms with Crippen molar-refractivity contribution >= 4 is 11.9 Å². The second-order valence-corrected chi connectivity index (χ2v) is 10.9. The van der Waals surface area contributed by atoms with Crippen LogP contribution in [0.5, 0.6) is 5.75 Å². The maximum Gasteiger partial charge on any atom is 0.308 e. The second kappa shape index (κ2) is 9.93. The summed E-state index contributed by atoms with van der Waals surface area (Å²) in [7, 11) is 1.61. The fraction of sp³-hybridized carbons (Fsp3) is 0.704. The number of hydrogen-bond donors (Lipinski definition) is 1. The normalized spacial score (nSPS) is 39.0. The number of nitrogens with one attached hydrogen (secondary N) is 1. The molecule has 1 aromatic carbocycles. The van der Waals surface area contributed by atoms with E-state index in [0.29, 0.717) is 12.5 Å². The number of carbonyl (C=O) groups is 2. The number of rotatable bonds is 7. The molecule has 1 amide bonds. The van der Waals surface area contributed by atoms with Crippen molar-refractivity contribution in [2.45, 2.75) is 89.8 Å². The minimum Gasteiger partial charge on any atom is -0.497 e. The molecule has 0 radical (unpaired) electrons. The third kappa shape index (κ3) is 4.62. The molecular weight excluding hydrogens is 466 g/mol. The Balaban J connectivity index is 1.17. The van der Waals surface area contributed by atoms with Crippen LogP contribution >= 0.6 is 0 Å². The average molecular weight is 504 g/mol. The summed E-state index contributed by atoms with van der Waals surface area (Å²) < 4.78 is 23.5. The highest BCUT2D eigenvalue weighted by Gasteiger charge is 2.69. The summed E-state index contributed by atoms with van der Waals surface area (Å²) in [6.07, 6.45) is 2.24. The van der Waals surface area contributed by atoms with Crippen LogP contribution in [0.15, 0.2) is 24.3 Å². The molecule has 9 nitrogen and oxygen atoms in total. The van der Waals surface area contributed by atoms with Crippen LogP contribution < -0.4 is 10.1 Å². The second-order valence-electron chi connectivity index (χ2n) is 10.9. The lowest BCUT2D eigenvalue weighted by atomic mass is 9.58. The largest absolute Gasteiger partial charge is 0.497 e. The Kier molecular flexibility index (Phi) is 7.02. The molecule has 5 aliphatic rings. The standard InChI is InChI=1S/C27H37NO8/c1-16-5-10-21-17(2)24(33-25-27(21)20(16)13-14-26(3,34-25)35-36-27)32-23(30)12-11-22(29)28-15-18-6-8-19(31-4)9-7-18/h6-9,16-17,20-21,24-25H,5,10-15H2,1-4H3,(H,28,29)/t16-,17-,20+,21+,24-,25-,26+,27+/m1/s1. The Bertz CT molecular complexity index is 969. The van der Waals surface area contributed by atoms with Crippen LogP contribution in [0.2, 0.25) is 0 Å². The van der Waals surface area contributed by atoms with Gasteiger partial charge in [-0.2, -0.15) is 0 Å². The van der Waals surface area contributed by atoms with E-state index in [1.54, 1.807) is 7.11 Å². The highest BCUT2D eigenvalue weighted by atomic mass is 17.3. The summed E-state index contributed by atoms with van der Waals surface area (Å²) in [5, 5.41) is 2.83. The van der Waals surface area contributed by atoms with E-state index in [9.17, 15) is 9.59 Å². The quantitative estimate of drug-likeness (QED) is 0.442. The number of carbonyl (C=O) groups excluding carboxylic acids is 2. The highest BCUT2D eigenvalue weighted by Crippen LogP contribution is 2.60. The summed E-state index contributed by atoms with van der Waals surface area (Å²) in [5.74, 6) is -0.122. The minimum absolute atomic E-state index is 0.0284. The first-order chi connectivity index (χ1) is 17.2. The zero-order valence-corrected chi connectivity index (χ0v) is 21.5. The molecule has 4 aliphatic heterocycles. The van der Waals surface area contributed by atoms with Crippen LogP contribution in [0.25, 0.3) is 0 Å². The summed E-state index contributed by atoms with van der Waals surface area (Å²) >= 11 is 0. The highest BCUT2D eigenvalue weighted by molar-refractivity contribution is 5.81. The van der Waals surface area contributed by atoms with Gasteiger partial charge in [0.25, 0.3) is 0 Å². The first-order valence-electron chi connectivity index (χ1n) is 13.0. The lowest BCUT2D eigenvalue weighted by Gasteiger charge is -2.59. The van der Waals surface area contributed by atoms with Crippen molar-refractivity contribution in [2.75, 3.05) is 7.11 Å². The monoisotopic (exact) mass is 503 g/mol. The summed E-state index contributed by atoms with van der Waals surface area (Å²) in [6, 6.07) is 7.45. The van der Waals surface area contributed by atoms with E-state index in [2.05, 4.69) is 12.2 Å². The van der Waals surface area contributed by atoms with Gasteiger partial charge in [0, 0.05) is 31.2 Å². The Morgan fingerprint density at radius 2 is 1.83 bits per heavy atom. The van der Waals surface area contributed by atoms with E-state index in [4.69, 9.17) is 28.7 Å². The first kappa shape index (κ1) is 25.4. The van der Waals surface area contributed by atoms with Crippen molar-refractivity contribution in [3.05, 3.63) is 29.8 Å². The number of esters is 1. The van der Waals surface area contributed by atoms with E-state index in [1.807, 2.05) is 38.1 Å². The van der Waals surface area contributed by atoms with Crippen molar-refractivity contribution < 1.29 is 38.3 Å². The van der Waals surface area contributed by atoms with Crippen molar-refractivity contribution in [2.24, 2.45) is 23.7 Å². The van der Waals surface area contributed by atoms with Crippen molar-refractivity contribution in [1.82, 2.24) is 5.32 Å². The van der Waals surface area contributed by atoms with Crippen LogP contribution in [0.4, 0.5) is 0 Å². The van der Waals surface area contributed by atoms with Gasteiger partial charge in [-0.3, -0.25) is 9.59 Å². The van der Waals surface area contributed by atoms with Crippen molar-refractivity contribution in [3.63, 3.8) is 0 Å². The number of hydrogen-bond acceptors (Lipinski definition) is 8. The maximum atomic E-state index is 12.7. The van der Waals surface area contributed by atoms with Gasteiger partial charge < -0.3 is 24.3 Å². The molecule has 1 saturated carbocycles. The Hall–Kier alpha value is -2.20. The fourth-order valence-corrected chi connectivity index (χ4v) is 6.44. The molecule has 1 aromatic rings. The van der Waals surface area contributed by atoms with Crippen LogP contribution in [-0.4, -0.2) is 43.0 Å². The van der Waals surface area contributed by atoms with Gasteiger partial charge in [-0.05, 0) is 55.7 Å². The van der Waals surface area contributed by atoms with Gasteiger partial charge in [0.2, 0.25) is 18.0 Å². The van der Waals surface area contributed by atoms with E-state index >= 15 is 0 Å². The summed E-state index contributed by atoms with van der Waals surface area (Å²) in [6.45, 7) is 6.53. The van der Waals surface area contributed by atoms with Crippen LogP contribution in [0.1, 0.15) is 64.9 Å². The van der Waals surface area contributed by atoms with E-state index in [1.165, 1.54) is 0 Å². The Morgan fingerprint density at radius 3 is 2.58 bits per heavy atom. The molecule has 0 aromatic heterocycles. The molecule has 9 heteroatoms. The molecule has 2 bridgehead atoms. The number of benzene rings is 1. The molecule has 0 unspecified atom stereocenters. The smallest absolute Gasteiger partial charge is 0.308 e.